The summed E-state index contributed by atoms with van der Waals surface area (Å²) in [7, 11) is 1.98. The van der Waals surface area contributed by atoms with Gasteiger partial charge in [0.15, 0.2) is 0 Å². The van der Waals surface area contributed by atoms with Gasteiger partial charge < -0.3 is 25.2 Å². The zero-order valence-electron chi connectivity index (χ0n) is 16.2. The van der Waals surface area contributed by atoms with E-state index < -0.39 is 12.1 Å². The van der Waals surface area contributed by atoms with Crippen molar-refractivity contribution in [3.63, 3.8) is 0 Å². The third-order valence-electron chi connectivity index (χ3n) is 4.09. The molecule has 3 rings (SSSR count). The Morgan fingerprint density at radius 2 is 2.00 bits per heavy atom. The van der Waals surface area contributed by atoms with Crippen molar-refractivity contribution in [1.82, 2.24) is 20.0 Å². The van der Waals surface area contributed by atoms with Gasteiger partial charge in [0.2, 0.25) is 0 Å². The Hall–Kier alpha value is -3.41. The number of aliphatic carboxylic acids is 1. The van der Waals surface area contributed by atoms with Crippen molar-refractivity contribution in [3.05, 3.63) is 47.1 Å². The lowest BCUT2D eigenvalue weighted by Crippen LogP contribution is -2.27. The number of fused-ring (bicyclic) bond motifs is 1. The highest BCUT2D eigenvalue weighted by Crippen LogP contribution is 2.16. The molecule has 0 atom stereocenters. The van der Waals surface area contributed by atoms with Crippen LogP contribution in [0.15, 0.2) is 29.0 Å². The summed E-state index contributed by atoms with van der Waals surface area (Å²) in [5.74, 6) is -2.07. The summed E-state index contributed by atoms with van der Waals surface area (Å²) in [6, 6.07) is 6.18. The van der Waals surface area contributed by atoms with Gasteiger partial charge in [0.05, 0.1) is 11.0 Å². The van der Waals surface area contributed by atoms with Gasteiger partial charge >= 0.3 is 12.1 Å². The summed E-state index contributed by atoms with van der Waals surface area (Å²) in [5, 5.41) is 13.7. The van der Waals surface area contributed by atoms with E-state index in [0.717, 1.165) is 16.9 Å². The number of aromatic nitrogens is 3. The van der Waals surface area contributed by atoms with Crippen LogP contribution in [0, 0.1) is 6.92 Å². The summed E-state index contributed by atoms with van der Waals surface area (Å²) in [6.45, 7) is 2.69. The Morgan fingerprint density at radius 3 is 2.60 bits per heavy atom. The Kier molecular flexibility index (Phi) is 7.16. The number of aryl methyl sites for hydroxylation is 2. The number of benzene rings is 1. The Labute approximate surface area is 168 Å². The second-order valence-corrected chi connectivity index (χ2v) is 6.27. The van der Waals surface area contributed by atoms with E-state index in [2.05, 4.69) is 33.7 Å². The molecule has 0 saturated heterocycles. The van der Waals surface area contributed by atoms with Crippen LogP contribution in [0.1, 0.15) is 27.4 Å². The number of carbonyl (C=O) groups is 2. The zero-order valence-corrected chi connectivity index (χ0v) is 16.2. The molecular weight excluding hydrogens is 407 g/mol. The fourth-order valence-electron chi connectivity index (χ4n) is 2.56. The molecule has 0 bridgehead atoms. The van der Waals surface area contributed by atoms with Gasteiger partial charge in [0, 0.05) is 26.6 Å². The molecule has 4 N–H and O–H groups in total. The van der Waals surface area contributed by atoms with Crippen molar-refractivity contribution >= 4 is 22.9 Å². The predicted octanol–water partition coefficient (Wildman–Crippen LogP) is 1.93. The van der Waals surface area contributed by atoms with Crippen molar-refractivity contribution in [3.8, 4) is 0 Å². The van der Waals surface area contributed by atoms with Gasteiger partial charge in [-0.25, -0.2) is 9.78 Å². The summed E-state index contributed by atoms with van der Waals surface area (Å²) < 4.78 is 38.6. The van der Waals surface area contributed by atoms with Crippen molar-refractivity contribution in [2.24, 2.45) is 12.8 Å². The van der Waals surface area contributed by atoms with E-state index in [1.807, 2.05) is 18.5 Å². The maximum absolute atomic E-state index is 12.1. The van der Waals surface area contributed by atoms with Crippen LogP contribution in [0.5, 0.6) is 0 Å². The minimum absolute atomic E-state index is 0.170. The van der Waals surface area contributed by atoms with Gasteiger partial charge in [-0.1, -0.05) is 11.2 Å². The van der Waals surface area contributed by atoms with Gasteiger partial charge in [-0.15, -0.1) is 0 Å². The molecule has 0 saturated carbocycles. The number of hydrogen-bond acceptors (Lipinski definition) is 6. The molecule has 30 heavy (non-hydrogen) atoms. The molecule has 9 nitrogen and oxygen atoms in total. The first-order chi connectivity index (χ1) is 14.0. The molecule has 2 heterocycles. The number of nitrogens with zero attached hydrogens (tertiary/aromatic N) is 3. The molecule has 0 spiro atoms. The first kappa shape index (κ1) is 22.9. The highest BCUT2D eigenvalue weighted by molar-refractivity contribution is 5.94. The molecule has 0 fully saturated rings. The monoisotopic (exact) mass is 427 g/mol. The van der Waals surface area contributed by atoms with Crippen LogP contribution in [-0.2, 0) is 24.8 Å². The average Bonchev–Trinajstić information content (AvgIpc) is 3.26. The van der Waals surface area contributed by atoms with Crippen LogP contribution in [-0.4, -0.2) is 44.4 Å². The summed E-state index contributed by atoms with van der Waals surface area (Å²) >= 11 is 0. The molecular formula is C18H20F3N5O4. The van der Waals surface area contributed by atoms with E-state index in [0.29, 0.717) is 24.2 Å². The minimum atomic E-state index is -5.08. The Morgan fingerprint density at radius 1 is 1.33 bits per heavy atom. The molecule has 1 aromatic carbocycles. The normalized spacial score (nSPS) is 11.1. The topological polar surface area (TPSA) is 136 Å². The van der Waals surface area contributed by atoms with Crippen molar-refractivity contribution in [1.29, 1.82) is 0 Å². The molecule has 0 aliphatic heterocycles. The van der Waals surface area contributed by atoms with Crippen LogP contribution in [0.2, 0.25) is 0 Å². The fourth-order valence-corrected chi connectivity index (χ4v) is 2.56. The number of hydrogen-bond donors (Lipinski definition) is 3. The quantitative estimate of drug-likeness (QED) is 0.566. The summed E-state index contributed by atoms with van der Waals surface area (Å²) in [6.07, 6.45) is -3.13. The SMILES string of the molecule is Cc1ccc2c(c1)nc(CCNC(=O)c1conc1CN)n2C.O=C(O)C(F)(F)F. The van der Waals surface area contributed by atoms with E-state index in [1.54, 1.807) is 0 Å². The van der Waals surface area contributed by atoms with E-state index in [4.69, 9.17) is 20.2 Å². The third-order valence-corrected chi connectivity index (χ3v) is 4.09. The maximum Gasteiger partial charge on any atom is 0.490 e. The number of imidazole rings is 1. The Bertz CT molecular complexity index is 1040. The first-order valence-electron chi connectivity index (χ1n) is 8.68. The van der Waals surface area contributed by atoms with Crippen LogP contribution in [0.4, 0.5) is 13.2 Å². The number of rotatable bonds is 5. The van der Waals surface area contributed by atoms with Gasteiger partial charge in [0.25, 0.3) is 5.91 Å². The number of alkyl halides is 3. The molecule has 0 aliphatic rings. The van der Waals surface area contributed by atoms with E-state index in [9.17, 15) is 18.0 Å². The molecule has 2 aromatic heterocycles. The van der Waals surface area contributed by atoms with Crippen molar-refractivity contribution in [2.75, 3.05) is 6.54 Å². The molecule has 12 heteroatoms. The Balaban J connectivity index is 0.000000396. The van der Waals surface area contributed by atoms with Crippen molar-refractivity contribution in [2.45, 2.75) is 26.1 Å². The number of halogens is 3. The number of nitrogens with two attached hydrogens (primary N) is 1. The minimum Gasteiger partial charge on any atom is -0.475 e. The number of carboxylic acid groups (broad SMARTS) is 1. The van der Waals surface area contributed by atoms with Crippen LogP contribution < -0.4 is 11.1 Å². The van der Waals surface area contributed by atoms with Gasteiger partial charge in [-0.05, 0) is 24.6 Å². The largest absolute Gasteiger partial charge is 0.490 e. The summed E-state index contributed by atoms with van der Waals surface area (Å²) in [4.78, 5) is 25.6. The second-order valence-electron chi connectivity index (χ2n) is 6.27. The van der Waals surface area contributed by atoms with Crippen LogP contribution in [0.25, 0.3) is 11.0 Å². The average molecular weight is 427 g/mol. The van der Waals surface area contributed by atoms with Crippen LogP contribution >= 0.6 is 0 Å². The summed E-state index contributed by atoms with van der Waals surface area (Å²) in [5.41, 5.74) is 9.59. The standard InChI is InChI=1S/C16H19N5O2.C2HF3O2/c1-10-3-4-14-12(7-10)19-15(21(14)2)5-6-18-16(22)11-9-23-20-13(11)8-17;3-2(4,5)1(6)7/h3-4,7,9H,5-6,8,17H2,1-2H3,(H,18,22);(H,6,7). The lowest BCUT2D eigenvalue weighted by atomic mass is 10.2. The van der Waals surface area contributed by atoms with Gasteiger partial charge in [-0.2, -0.15) is 13.2 Å². The lowest BCUT2D eigenvalue weighted by molar-refractivity contribution is -0.192. The number of carbonyl (C=O) groups excluding carboxylic acids is 1. The molecule has 0 unspecified atom stereocenters. The van der Waals surface area contributed by atoms with Crippen molar-refractivity contribution < 1.29 is 32.4 Å². The lowest BCUT2D eigenvalue weighted by Gasteiger charge is -2.05. The number of amides is 1. The van der Waals surface area contributed by atoms with E-state index in [1.165, 1.54) is 11.8 Å². The highest BCUT2D eigenvalue weighted by atomic mass is 19.4. The van der Waals surface area contributed by atoms with Gasteiger partial charge in [-0.3, -0.25) is 4.79 Å². The smallest absolute Gasteiger partial charge is 0.475 e. The first-order valence-corrected chi connectivity index (χ1v) is 8.68. The predicted molar refractivity (Wildman–Crippen MR) is 99.6 cm³/mol. The van der Waals surface area contributed by atoms with Crippen LogP contribution in [0.3, 0.4) is 0 Å². The molecule has 3 aromatic rings. The molecule has 162 valence electrons. The number of nitrogens with one attached hydrogen (secondary N) is 1. The zero-order chi connectivity index (χ0) is 22.5. The third kappa shape index (κ3) is 5.56. The molecule has 1 amide bonds. The number of carboxylic acids is 1. The van der Waals surface area contributed by atoms with Gasteiger partial charge in [0.1, 0.15) is 23.3 Å². The molecule has 0 aliphatic carbocycles. The van der Waals surface area contributed by atoms with E-state index in [-0.39, 0.29) is 12.5 Å². The van der Waals surface area contributed by atoms with E-state index >= 15 is 0 Å². The molecule has 0 radical (unpaired) electrons. The maximum atomic E-state index is 12.1. The highest BCUT2D eigenvalue weighted by Gasteiger charge is 2.38. The fraction of sp³-hybridized carbons (Fsp3) is 0.333. The second kappa shape index (κ2) is 9.39.